The second-order valence-corrected chi connectivity index (χ2v) is 5.37. The quantitative estimate of drug-likeness (QED) is 0.689. The molecular weight excluding hydrogens is 308 g/mol. The number of aromatic amines is 1. The molecule has 2 nitrogen and oxygen atoms in total. The highest BCUT2D eigenvalue weighted by atomic mass is 79.9. The Kier molecular flexibility index (Phi) is 3.06. The van der Waals surface area contributed by atoms with Gasteiger partial charge in [0, 0.05) is 4.47 Å². The Morgan fingerprint density at radius 3 is 2.61 bits per heavy atom. The van der Waals surface area contributed by atoms with Crippen molar-refractivity contribution in [3.8, 4) is 0 Å². The van der Waals surface area contributed by atoms with E-state index in [0.717, 1.165) is 26.8 Å². The van der Waals surface area contributed by atoms with Crippen molar-refractivity contribution in [2.45, 2.75) is 6.54 Å². The summed E-state index contributed by atoms with van der Waals surface area (Å²) < 4.78 is 3.98. The number of fused-ring (bicyclic) bond motifs is 1. The van der Waals surface area contributed by atoms with Crippen LogP contribution in [-0.2, 0) is 6.54 Å². The summed E-state index contributed by atoms with van der Waals surface area (Å²) in [7, 11) is 0. The van der Waals surface area contributed by atoms with Gasteiger partial charge < -0.3 is 9.55 Å². The summed E-state index contributed by atoms with van der Waals surface area (Å²) in [5.41, 5.74) is 3.44. The van der Waals surface area contributed by atoms with E-state index in [-0.39, 0.29) is 0 Å². The Hall–Kier alpha value is -1.39. The highest BCUT2D eigenvalue weighted by Gasteiger charge is 2.05. The van der Waals surface area contributed by atoms with Gasteiger partial charge in [0.15, 0.2) is 4.77 Å². The van der Waals surface area contributed by atoms with Crippen molar-refractivity contribution < 1.29 is 0 Å². The van der Waals surface area contributed by atoms with Crippen molar-refractivity contribution in [1.29, 1.82) is 0 Å². The van der Waals surface area contributed by atoms with Crippen LogP contribution in [-0.4, -0.2) is 9.55 Å². The molecule has 0 aliphatic carbocycles. The summed E-state index contributed by atoms with van der Waals surface area (Å²) in [5.74, 6) is 0. The molecule has 0 aliphatic rings. The topological polar surface area (TPSA) is 20.7 Å². The van der Waals surface area contributed by atoms with E-state index in [2.05, 4.69) is 37.6 Å². The Morgan fingerprint density at radius 1 is 1.06 bits per heavy atom. The Labute approximate surface area is 118 Å². The minimum Gasteiger partial charge on any atom is -0.331 e. The van der Waals surface area contributed by atoms with Crippen LogP contribution in [0.25, 0.3) is 11.0 Å². The third kappa shape index (κ3) is 2.02. The Morgan fingerprint density at radius 2 is 1.78 bits per heavy atom. The molecule has 3 rings (SSSR count). The summed E-state index contributed by atoms with van der Waals surface area (Å²) in [6, 6.07) is 16.4. The third-order valence-corrected chi connectivity index (χ3v) is 4.06. The molecule has 0 unspecified atom stereocenters. The number of hydrogen-bond acceptors (Lipinski definition) is 1. The van der Waals surface area contributed by atoms with Crippen molar-refractivity contribution in [3.63, 3.8) is 0 Å². The van der Waals surface area contributed by atoms with Gasteiger partial charge in [0.1, 0.15) is 0 Å². The van der Waals surface area contributed by atoms with Crippen LogP contribution in [0.3, 0.4) is 0 Å². The number of benzene rings is 2. The summed E-state index contributed by atoms with van der Waals surface area (Å²) in [5, 5.41) is 0. The molecule has 4 heteroatoms. The van der Waals surface area contributed by atoms with Gasteiger partial charge in [0.05, 0.1) is 17.6 Å². The normalized spacial score (nSPS) is 10.9. The monoisotopic (exact) mass is 318 g/mol. The van der Waals surface area contributed by atoms with Gasteiger partial charge >= 0.3 is 0 Å². The van der Waals surface area contributed by atoms with Crippen molar-refractivity contribution >= 4 is 39.2 Å². The van der Waals surface area contributed by atoms with Crippen LogP contribution >= 0.6 is 28.1 Å². The molecular formula is C14H11BrN2S. The molecule has 1 N–H and O–H groups in total. The van der Waals surface area contributed by atoms with E-state index in [9.17, 15) is 0 Å². The zero-order valence-electron chi connectivity index (χ0n) is 9.56. The first kappa shape index (κ1) is 11.7. The first-order chi connectivity index (χ1) is 8.75. The summed E-state index contributed by atoms with van der Waals surface area (Å²) in [6.45, 7) is 0.768. The maximum Gasteiger partial charge on any atom is 0.178 e. The van der Waals surface area contributed by atoms with Crippen LogP contribution in [0, 0.1) is 4.77 Å². The molecule has 0 spiro atoms. The van der Waals surface area contributed by atoms with E-state index >= 15 is 0 Å². The Bertz CT molecular complexity index is 758. The smallest absolute Gasteiger partial charge is 0.178 e. The number of imidazole rings is 1. The number of rotatable bonds is 2. The molecule has 1 aromatic heterocycles. The molecule has 0 aliphatic heterocycles. The van der Waals surface area contributed by atoms with E-state index in [1.54, 1.807) is 0 Å². The molecule has 0 amide bonds. The summed E-state index contributed by atoms with van der Waals surface area (Å²) in [4.78, 5) is 3.23. The lowest BCUT2D eigenvalue weighted by Crippen LogP contribution is -2.00. The number of hydrogen-bond donors (Lipinski definition) is 1. The summed E-state index contributed by atoms with van der Waals surface area (Å²) >= 11 is 8.96. The molecule has 3 aromatic rings. The lowest BCUT2D eigenvalue weighted by molar-refractivity contribution is 0.807. The second-order valence-electron chi connectivity index (χ2n) is 4.12. The summed E-state index contributed by atoms with van der Waals surface area (Å²) in [6.07, 6.45) is 0. The predicted molar refractivity (Wildman–Crippen MR) is 80.4 cm³/mol. The molecule has 0 atom stereocenters. The number of H-pyrrole nitrogens is 1. The van der Waals surface area contributed by atoms with Crippen LogP contribution in [0.5, 0.6) is 0 Å². The van der Waals surface area contributed by atoms with Crippen molar-refractivity contribution in [2.75, 3.05) is 0 Å². The second kappa shape index (κ2) is 4.71. The third-order valence-electron chi connectivity index (χ3n) is 2.97. The van der Waals surface area contributed by atoms with Crippen LogP contribution in [0.1, 0.15) is 5.56 Å². The fraction of sp³-hybridized carbons (Fsp3) is 0.0714. The fourth-order valence-corrected chi connectivity index (χ4v) is 2.74. The molecule has 0 radical (unpaired) electrons. The van der Waals surface area contributed by atoms with Gasteiger partial charge in [-0.2, -0.15) is 0 Å². The minimum absolute atomic E-state index is 0.756. The van der Waals surface area contributed by atoms with Crippen LogP contribution in [0.2, 0.25) is 0 Å². The van der Waals surface area contributed by atoms with Crippen molar-refractivity contribution in [3.05, 3.63) is 63.3 Å². The average Bonchev–Trinajstić information content (AvgIpc) is 2.69. The fourth-order valence-electron chi connectivity index (χ4n) is 2.06. The highest BCUT2D eigenvalue weighted by molar-refractivity contribution is 9.10. The van der Waals surface area contributed by atoms with Crippen LogP contribution in [0.15, 0.2) is 53.0 Å². The van der Waals surface area contributed by atoms with E-state index in [1.807, 2.05) is 36.4 Å². The zero-order valence-corrected chi connectivity index (χ0v) is 12.0. The average molecular weight is 319 g/mol. The van der Waals surface area contributed by atoms with Gasteiger partial charge in [-0.25, -0.2) is 0 Å². The molecule has 1 heterocycles. The lowest BCUT2D eigenvalue weighted by atomic mass is 10.2. The number of halogens is 1. The minimum atomic E-state index is 0.756. The van der Waals surface area contributed by atoms with Crippen molar-refractivity contribution in [1.82, 2.24) is 9.55 Å². The largest absolute Gasteiger partial charge is 0.331 e. The maximum atomic E-state index is 5.39. The number of para-hydroxylation sites is 2. The molecule has 0 saturated heterocycles. The predicted octanol–water partition coefficient (Wildman–Crippen LogP) is 4.51. The lowest BCUT2D eigenvalue weighted by Gasteiger charge is -2.06. The SMILES string of the molecule is S=c1[nH]c2ccccc2n1Cc1ccccc1Br. The molecule has 0 bridgehead atoms. The van der Waals surface area contributed by atoms with Gasteiger partial charge in [-0.15, -0.1) is 0 Å². The number of nitrogens with zero attached hydrogens (tertiary/aromatic N) is 1. The van der Waals surface area contributed by atoms with Gasteiger partial charge in [-0.1, -0.05) is 46.3 Å². The first-order valence-corrected chi connectivity index (χ1v) is 6.87. The molecule has 2 aromatic carbocycles. The first-order valence-electron chi connectivity index (χ1n) is 5.66. The van der Waals surface area contributed by atoms with E-state index < -0.39 is 0 Å². The van der Waals surface area contributed by atoms with E-state index in [1.165, 1.54) is 5.56 Å². The number of nitrogens with one attached hydrogen (secondary N) is 1. The molecule has 0 saturated carbocycles. The molecule has 18 heavy (non-hydrogen) atoms. The van der Waals surface area contributed by atoms with Crippen LogP contribution < -0.4 is 0 Å². The maximum absolute atomic E-state index is 5.39. The number of aromatic nitrogens is 2. The van der Waals surface area contributed by atoms with Gasteiger partial charge in [-0.05, 0) is 36.0 Å². The van der Waals surface area contributed by atoms with E-state index in [4.69, 9.17) is 12.2 Å². The standard InChI is InChI=1S/C14H11BrN2S/c15-11-6-2-1-5-10(11)9-17-13-8-4-3-7-12(13)16-14(17)18/h1-8H,9H2,(H,16,18). The van der Waals surface area contributed by atoms with Gasteiger partial charge in [-0.3, -0.25) is 0 Å². The highest BCUT2D eigenvalue weighted by Crippen LogP contribution is 2.20. The molecule has 90 valence electrons. The van der Waals surface area contributed by atoms with Gasteiger partial charge in [0.2, 0.25) is 0 Å². The van der Waals surface area contributed by atoms with Gasteiger partial charge in [0.25, 0.3) is 0 Å². The van der Waals surface area contributed by atoms with Crippen LogP contribution in [0.4, 0.5) is 0 Å². The van der Waals surface area contributed by atoms with Crippen molar-refractivity contribution in [2.24, 2.45) is 0 Å². The van der Waals surface area contributed by atoms with E-state index in [0.29, 0.717) is 0 Å². The Balaban J connectivity index is 2.13. The molecule has 0 fully saturated rings. The zero-order chi connectivity index (χ0) is 12.5.